The second-order valence-corrected chi connectivity index (χ2v) is 4.84. The van der Waals surface area contributed by atoms with E-state index in [9.17, 15) is 0 Å². The van der Waals surface area contributed by atoms with Crippen LogP contribution in [-0.4, -0.2) is 9.97 Å². The van der Waals surface area contributed by atoms with Crippen LogP contribution < -0.4 is 0 Å². The van der Waals surface area contributed by atoms with E-state index in [0.717, 1.165) is 11.2 Å². The second kappa shape index (κ2) is 3.33. The van der Waals surface area contributed by atoms with Crippen molar-refractivity contribution in [3.05, 3.63) is 40.7 Å². The van der Waals surface area contributed by atoms with Gasteiger partial charge in [-0.25, -0.2) is 0 Å². The number of fused-ring (bicyclic) bond motifs is 3. The number of aryl methyl sites for hydroxylation is 4. The van der Waals surface area contributed by atoms with Crippen molar-refractivity contribution >= 4 is 21.8 Å². The Kier molecular flexibility index (Phi) is 2.02. The standard InChI is InChI=1S/C15H16N2/c1-8-7-9(2)16-15-12(8)5-6-13-14(15)10(3)11(4)17-13/h5-7,16H,1-4H3. The molecule has 86 valence electrons. The van der Waals surface area contributed by atoms with E-state index in [4.69, 9.17) is 0 Å². The number of hydrogen-bond acceptors (Lipinski definition) is 1. The summed E-state index contributed by atoms with van der Waals surface area (Å²) in [7, 11) is 0. The monoisotopic (exact) mass is 224 g/mol. The van der Waals surface area contributed by atoms with E-state index >= 15 is 0 Å². The molecule has 2 nitrogen and oxygen atoms in total. The first-order chi connectivity index (χ1) is 8.08. The Bertz CT molecular complexity index is 736. The molecule has 17 heavy (non-hydrogen) atoms. The molecule has 2 heterocycles. The van der Waals surface area contributed by atoms with Gasteiger partial charge in [0.15, 0.2) is 0 Å². The quantitative estimate of drug-likeness (QED) is 0.615. The average Bonchev–Trinajstić information content (AvgIpc) is 2.54. The molecule has 0 aliphatic rings. The Balaban J connectivity index is 2.62. The zero-order valence-electron chi connectivity index (χ0n) is 10.7. The number of hydrogen-bond donors (Lipinski definition) is 1. The molecule has 0 amide bonds. The van der Waals surface area contributed by atoms with Gasteiger partial charge >= 0.3 is 0 Å². The molecule has 0 spiro atoms. The van der Waals surface area contributed by atoms with Crippen molar-refractivity contribution in [3.63, 3.8) is 0 Å². The normalized spacial score (nSPS) is 11.5. The molecule has 3 rings (SSSR count). The summed E-state index contributed by atoms with van der Waals surface area (Å²) in [5, 5.41) is 2.56. The van der Waals surface area contributed by atoms with Crippen LogP contribution in [-0.2, 0) is 0 Å². The lowest BCUT2D eigenvalue weighted by Crippen LogP contribution is -1.88. The average molecular weight is 224 g/mol. The maximum Gasteiger partial charge on any atom is 0.0729 e. The molecule has 0 aliphatic heterocycles. The predicted octanol–water partition coefficient (Wildman–Crippen LogP) is 3.95. The SMILES string of the molecule is Cc1cc(C)c2ccc3nc(C)c(C)c3c2[nH]1. The van der Waals surface area contributed by atoms with Crippen molar-refractivity contribution in [3.8, 4) is 0 Å². The van der Waals surface area contributed by atoms with E-state index in [2.05, 4.69) is 55.9 Å². The van der Waals surface area contributed by atoms with E-state index in [1.165, 1.54) is 33.1 Å². The van der Waals surface area contributed by atoms with Gasteiger partial charge in [0.1, 0.15) is 0 Å². The maximum absolute atomic E-state index is 4.60. The van der Waals surface area contributed by atoms with Crippen LogP contribution in [0.1, 0.15) is 22.5 Å². The van der Waals surface area contributed by atoms with Gasteiger partial charge in [-0.15, -0.1) is 0 Å². The Hall–Kier alpha value is -1.83. The third-order valence-corrected chi connectivity index (χ3v) is 3.57. The van der Waals surface area contributed by atoms with Gasteiger partial charge in [-0.3, -0.25) is 4.98 Å². The summed E-state index contributed by atoms with van der Waals surface area (Å²) in [6, 6.07) is 6.47. The minimum atomic E-state index is 1.09. The van der Waals surface area contributed by atoms with Gasteiger partial charge in [0.25, 0.3) is 0 Å². The van der Waals surface area contributed by atoms with Crippen molar-refractivity contribution in [2.24, 2.45) is 0 Å². The fraction of sp³-hybridized carbons (Fsp3) is 0.267. The molecule has 0 saturated carbocycles. The number of H-pyrrole nitrogens is 1. The summed E-state index contributed by atoms with van der Waals surface area (Å²) in [5.41, 5.74) is 7.23. The van der Waals surface area contributed by atoms with Gasteiger partial charge in [-0.2, -0.15) is 0 Å². The molecule has 0 bridgehead atoms. The summed E-state index contributed by atoms with van der Waals surface area (Å²) in [5.74, 6) is 0. The molecule has 3 aromatic rings. The summed E-state index contributed by atoms with van der Waals surface area (Å²) in [4.78, 5) is 8.09. The van der Waals surface area contributed by atoms with E-state index < -0.39 is 0 Å². The third-order valence-electron chi connectivity index (χ3n) is 3.57. The van der Waals surface area contributed by atoms with Gasteiger partial charge in [0, 0.05) is 22.2 Å². The number of pyridine rings is 1. The predicted molar refractivity (Wildman–Crippen MR) is 72.5 cm³/mol. The number of aromatic nitrogens is 2. The van der Waals surface area contributed by atoms with Crippen molar-refractivity contribution in [2.45, 2.75) is 27.7 Å². The lowest BCUT2D eigenvalue weighted by Gasteiger charge is -2.07. The van der Waals surface area contributed by atoms with Crippen LogP contribution in [0.5, 0.6) is 0 Å². The van der Waals surface area contributed by atoms with Crippen LogP contribution >= 0.6 is 0 Å². The highest BCUT2D eigenvalue weighted by atomic mass is 14.7. The molecule has 0 aliphatic carbocycles. The van der Waals surface area contributed by atoms with E-state index in [0.29, 0.717) is 0 Å². The lowest BCUT2D eigenvalue weighted by atomic mass is 10.0. The summed E-state index contributed by atoms with van der Waals surface area (Å²) in [6.45, 7) is 8.48. The first-order valence-electron chi connectivity index (χ1n) is 5.94. The number of rotatable bonds is 0. The Morgan fingerprint density at radius 1 is 1.06 bits per heavy atom. The van der Waals surface area contributed by atoms with Crippen LogP contribution in [0.15, 0.2) is 18.2 Å². The zero-order chi connectivity index (χ0) is 12.2. The van der Waals surface area contributed by atoms with Crippen molar-refractivity contribution < 1.29 is 0 Å². The molecule has 0 atom stereocenters. The van der Waals surface area contributed by atoms with Crippen LogP contribution in [0.4, 0.5) is 0 Å². The van der Waals surface area contributed by atoms with E-state index in [-0.39, 0.29) is 0 Å². The summed E-state index contributed by atoms with van der Waals surface area (Å²) in [6.07, 6.45) is 0. The molecule has 1 aromatic carbocycles. The van der Waals surface area contributed by atoms with Gasteiger partial charge in [-0.1, -0.05) is 6.07 Å². The first kappa shape index (κ1) is 10.3. The van der Waals surface area contributed by atoms with Crippen LogP contribution in [0, 0.1) is 27.7 Å². The highest BCUT2D eigenvalue weighted by Crippen LogP contribution is 2.30. The minimum Gasteiger partial charge on any atom is -0.358 e. The zero-order valence-corrected chi connectivity index (χ0v) is 10.7. The number of aromatic amines is 1. The summed E-state index contributed by atoms with van der Waals surface area (Å²) < 4.78 is 0. The molecular formula is C15H16N2. The van der Waals surface area contributed by atoms with Crippen LogP contribution in [0.2, 0.25) is 0 Å². The Morgan fingerprint density at radius 3 is 2.59 bits per heavy atom. The molecule has 0 saturated heterocycles. The maximum atomic E-state index is 4.60. The van der Waals surface area contributed by atoms with E-state index in [1.807, 2.05) is 0 Å². The minimum absolute atomic E-state index is 1.09. The topological polar surface area (TPSA) is 28.7 Å². The highest BCUT2D eigenvalue weighted by Gasteiger charge is 2.10. The van der Waals surface area contributed by atoms with Gasteiger partial charge in [-0.05, 0) is 51.0 Å². The molecule has 1 N–H and O–H groups in total. The Labute approximate surface area is 101 Å². The molecule has 0 radical (unpaired) electrons. The van der Waals surface area contributed by atoms with Crippen LogP contribution in [0.3, 0.4) is 0 Å². The largest absolute Gasteiger partial charge is 0.358 e. The molecule has 0 unspecified atom stereocenters. The molecular weight excluding hydrogens is 208 g/mol. The highest BCUT2D eigenvalue weighted by molar-refractivity contribution is 6.07. The third kappa shape index (κ3) is 1.37. The number of benzene rings is 1. The molecule has 0 fully saturated rings. The van der Waals surface area contributed by atoms with Gasteiger partial charge < -0.3 is 4.98 Å². The second-order valence-electron chi connectivity index (χ2n) is 4.84. The summed E-state index contributed by atoms with van der Waals surface area (Å²) >= 11 is 0. The smallest absolute Gasteiger partial charge is 0.0729 e. The molecule has 2 aromatic heterocycles. The fourth-order valence-corrected chi connectivity index (χ4v) is 2.60. The lowest BCUT2D eigenvalue weighted by molar-refractivity contribution is 1.24. The first-order valence-corrected chi connectivity index (χ1v) is 5.94. The Morgan fingerprint density at radius 2 is 1.82 bits per heavy atom. The number of nitrogens with zero attached hydrogens (tertiary/aromatic N) is 1. The molecule has 2 heteroatoms. The van der Waals surface area contributed by atoms with Crippen molar-refractivity contribution in [1.29, 1.82) is 0 Å². The fourth-order valence-electron chi connectivity index (χ4n) is 2.60. The van der Waals surface area contributed by atoms with Crippen LogP contribution in [0.25, 0.3) is 21.8 Å². The van der Waals surface area contributed by atoms with Crippen molar-refractivity contribution in [1.82, 2.24) is 9.97 Å². The van der Waals surface area contributed by atoms with Gasteiger partial charge in [0.2, 0.25) is 0 Å². The van der Waals surface area contributed by atoms with E-state index in [1.54, 1.807) is 0 Å². The van der Waals surface area contributed by atoms with Crippen molar-refractivity contribution in [2.75, 3.05) is 0 Å². The number of nitrogens with one attached hydrogen (secondary N) is 1. The van der Waals surface area contributed by atoms with Gasteiger partial charge in [0.05, 0.1) is 11.0 Å².